The maximum absolute atomic E-state index is 13.9. The maximum Gasteiger partial charge on any atom is 0.455 e. The number of phenolic OH excluding ortho intramolecular Hbond substituents is 1. The van der Waals surface area contributed by atoms with Crippen molar-refractivity contribution in [2.24, 2.45) is 17.8 Å². The van der Waals surface area contributed by atoms with Gasteiger partial charge in [-0.2, -0.15) is 0 Å². The molecule has 1 heterocycles. The molecule has 3 aromatic rings. The van der Waals surface area contributed by atoms with E-state index in [1.165, 1.54) is 5.57 Å². The van der Waals surface area contributed by atoms with Gasteiger partial charge in [0, 0.05) is 23.0 Å². The van der Waals surface area contributed by atoms with Crippen LogP contribution in [0.15, 0.2) is 90.0 Å². The average Bonchev–Trinajstić information content (AvgIpc) is 2.98. The van der Waals surface area contributed by atoms with Crippen LogP contribution in [0.4, 0.5) is 0 Å². The topological polar surface area (TPSA) is 83.8 Å². The summed E-state index contributed by atoms with van der Waals surface area (Å²) in [4.78, 5) is 27.5. The highest BCUT2D eigenvalue weighted by atomic mass is 16.5. The van der Waals surface area contributed by atoms with Gasteiger partial charge in [-0.1, -0.05) is 91.7 Å². The monoisotopic (exact) mass is 546 g/mol. The van der Waals surface area contributed by atoms with Gasteiger partial charge in [-0.3, -0.25) is 9.59 Å². The van der Waals surface area contributed by atoms with Crippen LogP contribution in [0.1, 0.15) is 70.9 Å². The van der Waals surface area contributed by atoms with Crippen molar-refractivity contribution in [3.8, 4) is 5.75 Å². The van der Waals surface area contributed by atoms with Crippen molar-refractivity contribution in [3.63, 3.8) is 0 Å². The van der Waals surface area contributed by atoms with E-state index in [1.54, 1.807) is 24.3 Å². The molecule has 3 aliphatic rings. The average molecular weight is 546 g/mol. The molecule has 0 unspecified atom stereocenters. The lowest BCUT2D eigenvalue weighted by Gasteiger charge is -2.47. The SMILES string of the molecule is CCCC1=C2[C@@H](CC/C(=C/c3cccc(O)c3)c3ccccc3)OB(O)C[C@@H]2[C@@H]2C(=O)c3ccccc3C(=O)[C@@H]2C1. The molecule has 6 heteroatoms. The molecule has 1 fully saturated rings. The first-order chi connectivity index (χ1) is 19.9. The summed E-state index contributed by atoms with van der Waals surface area (Å²) in [6.07, 6.45) is 5.73. The third kappa shape index (κ3) is 5.34. The number of hydrogen-bond acceptors (Lipinski definition) is 5. The molecular formula is C35H35BO5. The summed E-state index contributed by atoms with van der Waals surface area (Å²) in [5, 5.41) is 21.0. The van der Waals surface area contributed by atoms with E-state index < -0.39 is 13.0 Å². The molecule has 0 spiro atoms. The predicted molar refractivity (Wildman–Crippen MR) is 161 cm³/mol. The molecule has 41 heavy (non-hydrogen) atoms. The Hall–Kier alpha value is -3.74. The fraction of sp³-hybridized carbons (Fsp3) is 0.314. The summed E-state index contributed by atoms with van der Waals surface area (Å²) in [7, 11) is -0.995. The Balaban J connectivity index is 1.36. The summed E-state index contributed by atoms with van der Waals surface area (Å²) in [6.45, 7) is 2.14. The lowest BCUT2D eigenvalue weighted by molar-refractivity contribution is 0.0599. The minimum absolute atomic E-state index is 0.0184. The highest BCUT2D eigenvalue weighted by Crippen LogP contribution is 2.51. The zero-order valence-electron chi connectivity index (χ0n) is 23.3. The van der Waals surface area contributed by atoms with Crippen LogP contribution in [-0.2, 0) is 4.65 Å². The van der Waals surface area contributed by atoms with Crippen LogP contribution >= 0.6 is 0 Å². The fourth-order valence-electron chi connectivity index (χ4n) is 7.26. The number of phenols is 1. The number of ketones is 2. The Kier molecular flexibility index (Phi) is 7.78. The smallest absolute Gasteiger partial charge is 0.455 e. The number of allylic oxidation sites excluding steroid dienone is 2. The highest BCUT2D eigenvalue weighted by molar-refractivity contribution is 6.43. The minimum Gasteiger partial charge on any atom is -0.508 e. The molecule has 2 aliphatic carbocycles. The summed E-state index contributed by atoms with van der Waals surface area (Å²) in [6, 6.07) is 24.5. The van der Waals surface area contributed by atoms with Gasteiger partial charge in [0.1, 0.15) is 5.75 Å². The summed E-state index contributed by atoms with van der Waals surface area (Å²) in [5.74, 6) is -0.786. The number of aromatic hydroxyl groups is 1. The van der Waals surface area contributed by atoms with Crippen molar-refractivity contribution in [1.82, 2.24) is 0 Å². The number of benzene rings is 3. The zero-order chi connectivity index (χ0) is 28.5. The van der Waals surface area contributed by atoms with Gasteiger partial charge in [-0.15, -0.1) is 0 Å². The number of rotatable bonds is 7. The van der Waals surface area contributed by atoms with Crippen LogP contribution in [0.5, 0.6) is 5.75 Å². The van der Waals surface area contributed by atoms with Gasteiger partial charge in [0.15, 0.2) is 11.6 Å². The van der Waals surface area contributed by atoms with E-state index in [1.807, 2.05) is 42.5 Å². The molecule has 2 N–H and O–H groups in total. The van der Waals surface area contributed by atoms with E-state index in [0.29, 0.717) is 36.7 Å². The molecule has 4 atom stereocenters. The van der Waals surface area contributed by atoms with Crippen LogP contribution in [0.25, 0.3) is 11.6 Å². The first kappa shape index (κ1) is 27.4. The number of Topliss-reactive ketones (excluding diaryl/α,β-unsaturated/α-hetero) is 2. The van der Waals surface area contributed by atoms with Crippen molar-refractivity contribution in [2.45, 2.75) is 51.5 Å². The third-order valence-corrected chi connectivity index (χ3v) is 8.95. The van der Waals surface area contributed by atoms with Gasteiger partial charge in [0.05, 0.1) is 6.10 Å². The number of carbonyl (C=O) groups excluding carboxylic acids is 2. The first-order valence-corrected chi connectivity index (χ1v) is 14.7. The van der Waals surface area contributed by atoms with Gasteiger partial charge in [0.25, 0.3) is 0 Å². The van der Waals surface area contributed by atoms with Crippen molar-refractivity contribution in [2.75, 3.05) is 0 Å². The van der Waals surface area contributed by atoms with Crippen LogP contribution in [0.2, 0.25) is 6.32 Å². The second kappa shape index (κ2) is 11.6. The van der Waals surface area contributed by atoms with Crippen molar-refractivity contribution in [3.05, 3.63) is 112 Å². The largest absolute Gasteiger partial charge is 0.508 e. The molecular weight excluding hydrogens is 511 g/mol. The Bertz CT molecular complexity index is 1520. The molecule has 208 valence electrons. The molecule has 0 aromatic heterocycles. The van der Waals surface area contributed by atoms with Crippen LogP contribution in [-0.4, -0.2) is 34.9 Å². The molecule has 1 aliphatic heterocycles. The van der Waals surface area contributed by atoms with E-state index in [9.17, 15) is 19.7 Å². The summed E-state index contributed by atoms with van der Waals surface area (Å²) >= 11 is 0. The van der Waals surface area contributed by atoms with E-state index >= 15 is 0 Å². The van der Waals surface area contributed by atoms with E-state index in [-0.39, 0.29) is 35.3 Å². The second-order valence-electron chi connectivity index (χ2n) is 11.5. The molecule has 6 rings (SSSR count). The molecule has 0 bridgehead atoms. The first-order valence-electron chi connectivity index (χ1n) is 14.7. The Morgan fingerprint density at radius 1 is 0.951 bits per heavy atom. The minimum atomic E-state index is -0.995. The van der Waals surface area contributed by atoms with Crippen LogP contribution in [0.3, 0.4) is 0 Å². The maximum atomic E-state index is 13.9. The number of carbonyl (C=O) groups is 2. The van der Waals surface area contributed by atoms with Crippen LogP contribution < -0.4 is 0 Å². The molecule has 0 amide bonds. The number of hydrogen-bond donors (Lipinski definition) is 2. The summed E-state index contributed by atoms with van der Waals surface area (Å²) in [5.41, 5.74) is 6.48. The second-order valence-corrected chi connectivity index (χ2v) is 11.5. The molecule has 1 saturated heterocycles. The van der Waals surface area contributed by atoms with E-state index in [0.717, 1.165) is 35.1 Å². The van der Waals surface area contributed by atoms with Crippen molar-refractivity contribution in [1.29, 1.82) is 0 Å². The lowest BCUT2D eigenvalue weighted by Crippen LogP contribution is -2.50. The Labute approximate surface area is 241 Å². The zero-order valence-corrected chi connectivity index (χ0v) is 23.3. The van der Waals surface area contributed by atoms with Crippen molar-refractivity contribution < 1.29 is 24.4 Å². The molecule has 0 radical (unpaired) electrons. The normalized spacial score (nSPS) is 24.1. The molecule has 3 aromatic carbocycles. The van der Waals surface area contributed by atoms with E-state index in [4.69, 9.17) is 4.65 Å². The Morgan fingerprint density at radius 2 is 1.68 bits per heavy atom. The van der Waals surface area contributed by atoms with Gasteiger partial charge in [-0.25, -0.2) is 0 Å². The van der Waals surface area contributed by atoms with Gasteiger partial charge < -0.3 is 14.8 Å². The van der Waals surface area contributed by atoms with Gasteiger partial charge in [-0.05, 0) is 72.3 Å². The van der Waals surface area contributed by atoms with E-state index in [2.05, 4.69) is 25.1 Å². The van der Waals surface area contributed by atoms with Gasteiger partial charge in [0.2, 0.25) is 0 Å². The Morgan fingerprint density at radius 3 is 2.41 bits per heavy atom. The molecule has 0 saturated carbocycles. The third-order valence-electron chi connectivity index (χ3n) is 8.95. The molecule has 5 nitrogen and oxygen atoms in total. The summed E-state index contributed by atoms with van der Waals surface area (Å²) < 4.78 is 6.23. The number of fused-ring (bicyclic) bond motifs is 4. The predicted octanol–water partition coefficient (Wildman–Crippen LogP) is 7.02. The highest BCUT2D eigenvalue weighted by Gasteiger charge is 2.53. The lowest BCUT2D eigenvalue weighted by atomic mass is 9.54. The fourth-order valence-corrected chi connectivity index (χ4v) is 7.26. The standard InChI is InChI=1S/C35H35BO5/c1-2-9-25-20-29-33(35(39)28-15-7-6-14-27(28)34(29)38)30-21-36(40)41-31(32(25)30)17-16-24(23-11-4-3-5-12-23)18-22-10-8-13-26(37)19-22/h3-8,10-15,18-19,29-31,33,37,40H,2,9,16-17,20-21H2,1H3/b24-18-/t29-,30+,31-,33-/m1/s1. The van der Waals surface area contributed by atoms with Crippen molar-refractivity contribution >= 4 is 30.3 Å². The van der Waals surface area contributed by atoms with Gasteiger partial charge >= 0.3 is 7.12 Å². The quantitative estimate of drug-likeness (QED) is 0.189. The van der Waals surface area contributed by atoms with Crippen LogP contribution in [0, 0.1) is 17.8 Å².